The summed E-state index contributed by atoms with van der Waals surface area (Å²) in [5.41, 5.74) is 1.61. The fourth-order valence-corrected chi connectivity index (χ4v) is 3.56. The number of nitrogens with zero attached hydrogens (tertiary/aromatic N) is 3. The highest BCUT2D eigenvalue weighted by molar-refractivity contribution is 6.42. The first-order valence-electron chi connectivity index (χ1n) is 9.35. The number of rotatable bonds is 5. The summed E-state index contributed by atoms with van der Waals surface area (Å²) in [5, 5.41) is 15.3. The molecule has 0 radical (unpaired) electrons. The number of hydrogen-bond acceptors (Lipinski definition) is 6. The van der Waals surface area contributed by atoms with Gasteiger partial charge in [-0.3, -0.25) is 24.9 Å². The number of H-pyrrole nitrogens is 1. The molecular weight excluding hydrogens is 453 g/mol. The molecule has 0 aliphatic carbocycles. The molecule has 0 fully saturated rings. The maximum absolute atomic E-state index is 12.9. The number of pyridine rings is 1. The molecule has 0 saturated carbocycles. The standard InChI is InChI=1S/C22H15Cl2N5O3/c1-12-10-14(3-2-13-6-8-25-9-7-13)19-18(20(12)29(31)32)21(30)28-22(27-19)26-15-4-5-16(23)17(24)11-15/h2-11H,1H3,(H2,26,27,28,30). The Hall–Kier alpha value is -3.75. The van der Waals surface area contributed by atoms with Gasteiger partial charge in [-0.1, -0.05) is 35.4 Å². The number of nitro groups is 1. The first-order valence-corrected chi connectivity index (χ1v) is 10.1. The quantitative estimate of drug-likeness (QED) is 0.285. The third-order valence-electron chi connectivity index (χ3n) is 4.70. The molecule has 2 aromatic carbocycles. The predicted molar refractivity (Wildman–Crippen MR) is 127 cm³/mol. The van der Waals surface area contributed by atoms with E-state index in [9.17, 15) is 14.9 Å². The Morgan fingerprint density at radius 3 is 2.53 bits per heavy atom. The van der Waals surface area contributed by atoms with Crippen LogP contribution in [0.5, 0.6) is 0 Å². The van der Waals surface area contributed by atoms with Crippen LogP contribution >= 0.6 is 23.2 Å². The molecule has 0 amide bonds. The minimum absolute atomic E-state index is 0.0935. The lowest BCUT2D eigenvalue weighted by atomic mass is 10.0. The van der Waals surface area contributed by atoms with Crippen LogP contribution in [0.1, 0.15) is 16.7 Å². The molecule has 10 heteroatoms. The summed E-state index contributed by atoms with van der Waals surface area (Å²) in [4.78, 5) is 35.0. The number of hydrogen-bond donors (Lipinski definition) is 2. The van der Waals surface area contributed by atoms with E-state index in [1.165, 1.54) is 0 Å². The molecule has 0 aliphatic heterocycles. The Labute approximate surface area is 191 Å². The molecule has 0 spiro atoms. The summed E-state index contributed by atoms with van der Waals surface area (Å²) in [5.74, 6) is 0.109. The zero-order valence-corrected chi connectivity index (χ0v) is 18.1. The van der Waals surface area contributed by atoms with Crippen molar-refractivity contribution in [1.29, 1.82) is 0 Å². The van der Waals surface area contributed by atoms with E-state index in [0.29, 0.717) is 26.9 Å². The summed E-state index contributed by atoms with van der Waals surface area (Å²) >= 11 is 12.0. The van der Waals surface area contributed by atoms with E-state index in [-0.39, 0.29) is 22.5 Å². The molecular formula is C22H15Cl2N5O3. The van der Waals surface area contributed by atoms with Crippen LogP contribution in [0.2, 0.25) is 10.0 Å². The van der Waals surface area contributed by atoms with Crippen LogP contribution in [0.15, 0.2) is 53.6 Å². The van der Waals surface area contributed by atoms with Crippen LogP contribution in [0.3, 0.4) is 0 Å². The number of aryl methyl sites for hydroxylation is 1. The molecule has 0 aliphatic rings. The van der Waals surface area contributed by atoms with E-state index in [1.54, 1.807) is 49.7 Å². The summed E-state index contributed by atoms with van der Waals surface area (Å²) in [6.45, 7) is 1.59. The molecule has 2 N–H and O–H groups in total. The molecule has 0 saturated heterocycles. The molecule has 0 atom stereocenters. The number of aromatic amines is 1. The number of fused-ring (bicyclic) bond motifs is 1. The van der Waals surface area contributed by atoms with E-state index in [0.717, 1.165) is 5.56 Å². The van der Waals surface area contributed by atoms with Gasteiger partial charge >= 0.3 is 0 Å². The zero-order valence-electron chi connectivity index (χ0n) is 16.6. The number of benzene rings is 2. The van der Waals surface area contributed by atoms with E-state index < -0.39 is 10.5 Å². The molecule has 8 nitrogen and oxygen atoms in total. The van der Waals surface area contributed by atoms with Crippen molar-refractivity contribution in [3.8, 4) is 0 Å². The van der Waals surface area contributed by atoms with Gasteiger partial charge in [0.1, 0.15) is 5.39 Å². The van der Waals surface area contributed by atoms with Crippen molar-refractivity contribution in [2.24, 2.45) is 0 Å². The second-order valence-electron chi connectivity index (χ2n) is 6.89. The van der Waals surface area contributed by atoms with Gasteiger partial charge in [0, 0.05) is 29.2 Å². The highest BCUT2D eigenvalue weighted by Gasteiger charge is 2.23. The van der Waals surface area contributed by atoms with E-state index in [2.05, 4.69) is 20.3 Å². The predicted octanol–water partition coefficient (Wildman–Crippen LogP) is 5.76. The van der Waals surface area contributed by atoms with E-state index in [1.807, 2.05) is 18.2 Å². The van der Waals surface area contributed by atoms with E-state index in [4.69, 9.17) is 23.2 Å². The van der Waals surface area contributed by atoms with Gasteiger partial charge in [-0.15, -0.1) is 0 Å². The number of aromatic nitrogens is 3. The molecule has 0 unspecified atom stereocenters. The number of nitro benzene ring substituents is 1. The third-order valence-corrected chi connectivity index (χ3v) is 5.44. The summed E-state index contributed by atoms with van der Waals surface area (Å²) in [6.07, 6.45) is 6.88. The van der Waals surface area contributed by atoms with Crippen LogP contribution in [0, 0.1) is 17.0 Å². The lowest BCUT2D eigenvalue weighted by Gasteiger charge is -2.10. The molecule has 4 rings (SSSR count). The van der Waals surface area contributed by atoms with Crippen LogP contribution in [0.4, 0.5) is 17.3 Å². The second kappa shape index (κ2) is 8.78. The van der Waals surface area contributed by atoms with Gasteiger partial charge in [0.25, 0.3) is 11.2 Å². The monoisotopic (exact) mass is 467 g/mol. The van der Waals surface area contributed by atoms with Crippen molar-refractivity contribution >= 4 is 63.6 Å². The summed E-state index contributed by atoms with van der Waals surface area (Å²) < 4.78 is 0. The minimum atomic E-state index is -0.633. The van der Waals surface area contributed by atoms with Gasteiger partial charge in [-0.25, -0.2) is 4.98 Å². The van der Waals surface area contributed by atoms with Crippen LogP contribution in [0.25, 0.3) is 23.1 Å². The Kier molecular flexibility index (Phi) is 5.89. The fraction of sp³-hybridized carbons (Fsp3) is 0.0455. The van der Waals surface area contributed by atoms with Crippen molar-refractivity contribution in [1.82, 2.24) is 15.0 Å². The fourth-order valence-electron chi connectivity index (χ4n) is 3.26. The van der Waals surface area contributed by atoms with Gasteiger partial charge in [0.2, 0.25) is 5.95 Å². The SMILES string of the molecule is Cc1cc(C=Cc2ccncc2)c2nc(Nc3ccc(Cl)c(Cl)c3)[nH]c(=O)c2c1[N+](=O)[O-]. The Morgan fingerprint density at radius 1 is 1.09 bits per heavy atom. The normalized spacial score (nSPS) is 11.2. The Morgan fingerprint density at radius 2 is 1.84 bits per heavy atom. The van der Waals surface area contributed by atoms with Gasteiger partial charge in [-0.2, -0.15) is 0 Å². The van der Waals surface area contributed by atoms with Gasteiger partial charge in [0.05, 0.1) is 20.5 Å². The average Bonchev–Trinajstić information content (AvgIpc) is 2.75. The van der Waals surface area contributed by atoms with Crippen molar-refractivity contribution in [3.05, 3.63) is 96.0 Å². The smallest absolute Gasteiger partial charge is 0.287 e. The zero-order chi connectivity index (χ0) is 22.8. The van der Waals surface area contributed by atoms with Crippen molar-refractivity contribution < 1.29 is 4.92 Å². The summed E-state index contributed by atoms with van der Waals surface area (Å²) in [6, 6.07) is 10.1. The highest BCUT2D eigenvalue weighted by Crippen LogP contribution is 2.31. The molecule has 0 bridgehead atoms. The van der Waals surface area contributed by atoms with Crippen molar-refractivity contribution in [3.63, 3.8) is 0 Å². The van der Waals surface area contributed by atoms with Crippen LogP contribution in [-0.2, 0) is 0 Å². The van der Waals surface area contributed by atoms with Gasteiger partial charge in [0.15, 0.2) is 0 Å². The molecule has 32 heavy (non-hydrogen) atoms. The number of nitrogens with one attached hydrogen (secondary N) is 2. The maximum Gasteiger partial charge on any atom is 0.287 e. The Balaban J connectivity index is 1.89. The summed E-state index contributed by atoms with van der Waals surface area (Å²) in [7, 11) is 0. The van der Waals surface area contributed by atoms with Crippen molar-refractivity contribution in [2.45, 2.75) is 6.92 Å². The van der Waals surface area contributed by atoms with Crippen LogP contribution < -0.4 is 10.9 Å². The van der Waals surface area contributed by atoms with Gasteiger partial charge < -0.3 is 5.32 Å². The second-order valence-corrected chi connectivity index (χ2v) is 7.71. The third kappa shape index (κ3) is 4.32. The Bertz CT molecular complexity index is 1440. The molecule has 2 heterocycles. The first-order chi connectivity index (χ1) is 15.3. The van der Waals surface area contributed by atoms with Crippen LogP contribution in [-0.4, -0.2) is 19.9 Å². The largest absolute Gasteiger partial charge is 0.326 e. The molecule has 4 aromatic rings. The maximum atomic E-state index is 12.9. The minimum Gasteiger partial charge on any atom is -0.326 e. The lowest BCUT2D eigenvalue weighted by molar-refractivity contribution is -0.383. The van der Waals surface area contributed by atoms with Gasteiger partial charge in [-0.05, 0) is 48.9 Å². The highest BCUT2D eigenvalue weighted by atomic mass is 35.5. The first kappa shape index (κ1) is 21.5. The van der Waals surface area contributed by atoms with E-state index >= 15 is 0 Å². The number of halogens is 2. The topological polar surface area (TPSA) is 114 Å². The molecule has 2 aromatic heterocycles. The number of anilines is 2. The average molecular weight is 468 g/mol. The lowest BCUT2D eigenvalue weighted by Crippen LogP contribution is -2.14. The molecule has 160 valence electrons. The van der Waals surface area contributed by atoms with Crippen molar-refractivity contribution in [2.75, 3.05) is 5.32 Å².